The maximum atomic E-state index is 12.1. The molecule has 0 saturated carbocycles. The van der Waals surface area contributed by atoms with Crippen LogP contribution in [-0.2, 0) is 11.3 Å². The van der Waals surface area contributed by atoms with E-state index >= 15 is 0 Å². The molecule has 0 aliphatic heterocycles. The van der Waals surface area contributed by atoms with Crippen molar-refractivity contribution in [1.82, 2.24) is 15.0 Å². The van der Waals surface area contributed by atoms with Gasteiger partial charge in [0.05, 0.1) is 22.2 Å². The summed E-state index contributed by atoms with van der Waals surface area (Å²) in [6, 6.07) is 11.0. The molecule has 9 heteroatoms. The van der Waals surface area contributed by atoms with Crippen molar-refractivity contribution in [3.8, 4) is 5.75 Å². The summed E-state index contributed by atoms with van der Waals surface area (Å²) in [5, 5.41) is 24.2. The van der Waals surface area contributed by atoms with E-state index in [2.05, 4.69) is 15.5 Å². The van der Waals surface area contributed by atoms with E-state index < -0.39 is 10.8 Å². The highest BCUT2D eigenvalue weighted by molar-refractivity contribution is 5.86. The number of aromatic nitrogens is 2. The highest BCUT2D eigenvalue weighted by Crippen LogP contribution is 2.21. The molecule has 0 atom stereocenters. The number of hydrazone groups is 1. The van der Waals surface area contributed by atoms with Gasteiger partial charge >= 0.3 is 0 Å². The highest BCUT2D eigenvalue weighted by Gasteiger charge is 2.11. The number of aromatic hydroxyl groups is 1. The van der Waals surface area contributed by atoms with E-state index in [4.69, 9.17) is 0 Å². The second kappa shape index (κ2) is 7.01. The predicted octanol–water partition coefficient (Wildman–Crippen LogP) is 2.11. The Kier molecular flexibility index (Phi) is 4.61. The molecule has 0 aliphatic carbocycles. The number of hydrogen-bond donors (Lipinski definition) is 2. The Labute approximate surface area is 147 Å². The number of fused-ring (bicyclic) bond motifs is 1. The van der Waals surface area contributed by atoms with Crippen LogP contribution in [0.2, 0.25) is 0 Å². The number of phenolic OH excluding ortho intramolecular Hbond substituents is 1. The van der Waals surface area contributed by atoms with E-state index in [-0.39, 0.29) is 23.5 Å². The number of phenols is 1. The van der Waals surface area contributed by atoms with Gasteiger partial charge in [-0.1, -0.05) is 12.1 Å². The van der Waals surface area contributed by atoms with Crippen LogP contribution >= 0.6 is 0 Å². The summed E-state index contributed by atoms with van der Waals surface area (Å²) in [5.41, 5.74) is 3.91. The molecule has 2 aromatic carbocycles. The largest absolute Gasteiger partial charge is 0.507 e. The monoisotopic (exact) mass is 353 g/mol. The standard InChI is InChI=1S/C17H15N5O4/c1-11-19-14-4-2-3-5-15(14)21(11)10-17(24)20-18-9-12-8-13(22(25)26)6-7-16(12)23/h2-9,23H,10H2,1H3,(H,20,24). The van der Waals surface area contributed by atoms with Crippen LogP contribution in [-0.4, -0.2) is 31.7 Å². The van der Waals surface area contributed by atoms with Crippen molar-refractivity contribution in [2.75, 3.05) is 0 Å². The lowest BCUT2D eigenvalue weighted by Gasteiger charge is -2.05. The molecule has 132 valence electrons. The maximum absolute atomic E-state index is 12.1. The number of benzene rings is 2. The van der Waals surface area contributed by atoms with Crippen molar-refractivity contribution in [2.24, 2.45) is 5.10 Å². The SMILES string of the molecule is Cc1nc2ccccc2n1CC(=O)NN=Cc1cc([N+](=O)[O-])ccc1O. The zero-order valence-electron chi connectivity index (χ0n) is 13.8. The Morgan fingerprint density at radius 3 is 2.92 bits per heavy atom. The molecule has 0 fully saturated rings. The summed E-state index contributed by atoms with van der Waals surface area (Å²) < 4.78 is 1.75. The number of amides is 1. The fourth-order valence-electron chi connectivity index (χ4n) is 2.51. The number of nitro benzene ring substituents is 1. The quantitative estimate of drug-likeness (QED) is 0.413. The summed E-state index contributed by atoms with van der Waals surface area (Å²) in [5.74, 6) is 0.129. The molecule has 0 bridgehead atoms. The molecule has 3 aromatic rings. The van der Waals surface area contributed by atoms with Gasteiger partial charge in [-0.25, -0.2) is 10.4 Å². The van der Waals surface area contributed by atoms with E-state index in [1.807, 2.05) is 24.3 Å². The van der Waals surface area contributed by atoms with Gasteiger partial charge in [-0.05, 0) is 25.1 Å². The summed E-state index contributed by atoms with van der Waals surface area (Å²) >= 11 is 0. The van der Waals surface area contributed by atoms with Crippen molar-refractivity contribution >= 4 is 28.8 Å². The maximum Gasteiger partial charge on any atom is 0.270 e. The van der Waals surface area contributed by atoms with Gasteiger partial charge in [0.15, 0.2) is 0 Å². The third kappa shape index (κ3) is 3.51. The fraction of sp³-hybridized carbons (Fsp3) is 0.118. The van der Waals surface area contributed by atoms with Crippen molar-refractivity contribution < 1.29 is 14.8 Å². The number of nitro groups is 1. The van der Waals surface area contributed by atoms with E-state index in [0.29, 0.717) is 5.82 Å². The smallest absolute Gasteiger partial charge is 0.270 e. The van der Waals surface area contributed by atoms with E-state index in [1.165, 1.54) is 18.2 Å². The van der Waals surface area contributed by atoms with Crippen molar-refractivity contribution in [3.63, 3.8) is 0 Å². The number of carbonyl (C=O) groups excluding carboxylic acids is 1. The minimum Gasteiger partial charge on any atom is -0.507 e. The van der Waals surface area contributed by atoms with Gasteiger partial charge in [-0.2, -0.15) is 5.10 Å². The number of rotatable bonds is 5. The van der Waals surface area contributed by atoms with E-state index in [1.54, 1.807) is 11.5 Å². The average molecular weight is 353 g/mol. The van der Waals surface area contributed by atoms with Gasteiger partial charge in [-0.3, -0.25) is 14.9 Å². The zero-order chi connectivity index (χ0) is 18.7. The first kappa shape index (κ1) is 17.1. The van der Waals surface area contributed by atoms with Crippen LogP contribution in [0.4, 0.5) is 5.69 Å². The molecule has 9 nitrogen and oxygen atoms in total. The second-order valence-electron chi connectivity index (χ2n) is 5.53. The Balaban J connectivity index is 1.71. The van der Waals surface area contributed by atoms with Crippen LogP contribution in [0.5, 0.6) is 5.75 Å². The fourth-order valence-corrected chi connectivity index (χ4v) is 2.51. The van der Waals surface area contributed by atoms with Crippen LogP contribution < -0.4 is 5.43 Å². The highest BCUT2D eigenvalue weighted by atomic mass is 16.6. The molecule has 2 N–H and O–H groups in total. The number of aryl methyl sites for hydroxylation is 1. The lowest BCUT2D eigenvalue weighted by molar-refractivity contribution is -0.384. The van der Waals surface area contributed by atoms with Crippen LogP contribution in [0, 0.1) is 17.0 Å². The van der Waals surface area contributed by atoms with Crippen LogP contribution in [0.25, 0.3) is 11.0 Å². The first-order valence-electron chi connectivity index (χ1n) is 7.67. The van der Waals surface area contributed by atoms with Gasteiger partial charge < -0.3 is 9.67 Å². The molecule has 1 aromatic heterocycles. The van der Waals surface area contributed by atoms with Gasteiger partial charge in [0, 0.05) is 17.7 Å². The molecule has 0 radical (unpaired) electrons. The summed E-state index contributed by atoms with van der Waals surface area (Å²) in [7, 11) is 0. The number of hydrogen-bond acceptors (Lipinski definition) is 6. The number of nitrogens with zero attached hydrogens (tertiary/aromatic N) is 4. The molecule has 0 aliphatic rings. The normalized spacial score (nSPS) is 11.1. The van der Waals surface area contributed by atoms with E-state index in [0.717, 1.165) is 17.2 Å². The number of non-ortho nitro benzene ring substituents is 1. The predicted molar refractivity (Wildman–Crippen MR) is 95.0 cm³/mol. The third-order valence-electron chi connectivity index (χ3n) is 3.76. The Hall–Kier alpha value is -3.75. The van der Waals surface area contributed by atoms with Crippen molar-refractivity contribution in [3.05, 3.63) is 64.0 Å². The van der Waals surface area contributed by atoms with Crippen LogP contribution in [0.1, 0.15) is 11.4 Å². The number of imidazole rings is 1. The second-order valence-corrected chi connectivity index (χ2v) is 5.53. The first-order chi connectivity index (χ1) is 12.5. The van der Waals surface area contributed by atoms with Gasteiger partial charge in [0.25, 0.3) is 11.6 Å². The van der Waals surface area contributed by atoms with E-state index in [9.17, 15) is 20.0 Å². The Morgan fingerprint density at radius 2 is 2.15 bits per heavy atom. The zero-order valence-corrected chi connectivity index (χ0v) is 13.8. The Bertz CT molecular complexity index is 1030. The molecule has 1 amide bonds. The molecule has 0 spiro atoms. The van der Waals surface area contributed by atoms with Gasteiger partial charge in [0.2, 0.25) is 0 Å². The lowest BCUT2D eigenvalue weighted by atomic mass is 10.2. The van der Waals surface area contributed by atoms with Crippen LogP contribution in [0.3, 0.4) is 0 Å². The van der Waals surface area contributed by atoms with Crippen molar-refractivity contribution in [2.45, 2.75) is 13.5 Å². The topological polar surface area (TPSA) is 123 Å². The lowest BCUT2D eigenvalue weighted by Crippen LogP contribution is -2.23. The van der Waals surface area contributed by atoms with Crippen LogP contribution in [0.15, 0.2) is 47.6 Å². The Morgan fingerprint density at radius 1 is 1.38 bits per heavy atom. The summed E-state index contributed by atoms with van der Waals surface area (Å²) in [4.78, 5) is 26.7. The molecular weight excluding hydrogens is 338 g/mol. The average Bonchev–Trinajstić information content (AvgIpc) is 2.92. The molecule has 1 heterocycles. The van der Waals surface area contributed by atoms with Crippen molar-refractivity contribution in [1.29, 1.82) is 0 Å². The third-order valence-corrected chi connectivity index (χ3v) is 3.76. The minimum atomic E-state index is -0.581. The summed E-state index contributed by atoms with van der Waals surface area (Å²) in [6.07, 6.45) is 1.15. The first-order valence-corrected chi connectivity index (χ1v) is 7.67. The van der Waals surface area contributed by atoms with Gasteiger partial charge in [-0.15, -0.1) is 0 Å². The number of carbonyl (C=O) groups is 1. The molecular formula is C17H15N5O4. The number of para-hydroxylation sites is 2. The number of nitrogens with one attached hydrogen (secondary N) is 1. The molecule has 3 rings (SSSR count). The molecule has 26 heavy (non-hydrogen) atoms. The molecule has 0 unspecified atom stereocenters. The minimum absolute atomic E-state index is 0.0185. The molecule has 0 saturated heterocycles. The van der Waals surface area contributed by atoms with Gasteiger partial charge in [0.1, 0.15) is 18.1 Å². The summed E-state index contributed by atoms with van der Waals surface area (Å²) in [6.45, 7) is 1.82.